The Labute approximate surface area is 196 Å². The van der Waals surface area contributed by atoms with Gasteiger partial charge in [0.05, 0.1) is 21.4 Å². The molecule has 0 saturated carbocycles. The SMILES string of the molecule is Cc1ccc(-c2cc(C(F)(F)F)nn2-c2ccc(S([NH-])(=O)=O)cc2)cc1.[K+]. The minimum Gasteiger partial charge on any atom is -0.560 e. The van der Waals surface area contributed by atoms with Gasteiger partial charge in [0, 0.05) is 10.5 Å². The molecule has 0 aliphatic rings. The second-order valence-electron chi connectivity index (χ2n) is 5.69. The standard InChI is InChI=1S/C17H13F3N3O2S.K/c1-11-2-4-12(5-3-11)15-10-16(17(18,19)20)22-23(15)13-6-8-14(9-7-13)26(21,24)25;/h2-10H,1H3,(H-,21,24,25);/q-1;+1. The maximum atomic E-state index is 13.1. The summed E-state index contributed by atoms with van der Waals surface area (Å²) in [6, 6.07) is 12.8. The van der Waals surface area contributed by atoms with Crippen molar-refractivity contribution in [3.63, 3.8) is 0 Å². The normalized spacial score (nSPS) is 11.9. The van der Waals surface area contributed by atoms with Crippen molar-refractivity contribution in [1.29, 1.82) is 0 Å². The van der Waals surface area contributed by atoms with Crippen LogP contribution in [0.4, 0.5) is 13.2 Å². The number of alkyl halides is 3. The van der Waals surface area contributed by atoms with Crippen LogP contribution in [0.3, 0.4) is 0 Å². The van der Waals surface area contributed by atoms with E-state index >= 15 is 0 Å². The van der Waals surface area contributed by atoms with Gasteiger partial charge in [-0.05, 0) is 37.3 Å². The molecule has 0 atom stereocenters. The number of aromatic nitrogens is 2. The molecule has 0 fully saturated rings. The van der Waals surface area contributed by atoms with Gasteiger partial charge < -0.3 is 5.14 Å². The van der Waals surface area contributed by atoms with Crippen LogP contribution in [0.2, 0.25) is 0 Å². The molecule has 0 spiro atoms. The van der Waals surface area contributed by atoms with Crippen LogP contribution in [0.15, 0.2) is 59.5 Å². The average Bonchev–Trinajstić information content (AvgIpc) is 3.00. The van der Waals surface area contributed by atoms with Gasteiger partial charge >= 0.3 is 57.6 Å². The predicted octanol–water partition coefficient (Wildman–Crippen LogP) is 1.61. The Morgan fingerprint density at radius 2 is 1.56 bits per heavy atom. The third-order valence-electron chi connectivity index (χ3n) is 3.74. The molecule has 0 bridgehead atoms. The van der Waals surface area contributed by atoms with Crippen molar-refractivity contribution in [3.05, 3.63) is 71.0 Å². The molecular weight excluding hydrogens is 406 g/mol. The van der Waals surface area contributed by atoms with Crippen LogP contribution in [0.5, 0.6) is 0 Å². The van der Waals surface area contributed by atoms with Crippen LogP contribution in [-0.2, 0) is 16.2 Å². The summed E-state index contributed by atoms with van der Waals surface area (Å²) in [7, 11) is -4.15. The minimum atomic E-state index is -4.62. The molecule has 2 aromatic carbocycles. The number of aryl methyl sites for hydroxylation is 1. The molecule has 10 heteroatoms. The fraction of sp³-hybridized carbons (Fsp3) is 0.118. The minimum absolute atomic E-state index is 0. The summed E-state index contributed by atoms with van der Waals surface area (Å²) in [6.07, 6.45) is -4.62. The largest absolute Gasteiger partial charge is 1.00 e. The summed E-state index contributed by atoms with van der Waals surface area (Å²) in [5, 5.41) is 10.7. The molecule has 0 aliphatic heterocycles. The van der Waals surface area contributed by atoms with Gasteiger partial charge in [0.1, 0.15) is 0 Å². The maximum Gasteiger partial charge on any atom is 1.00 e. The number of benzene rings is 2. The molecule has 3 aromatic rings. The van der Waals surface area contributed by atoms with Crippen molar-refractivity contribution in [1.82, 2.24) is 9.78 Å². The zero-order valence-electron chi connectivity index (χ0n) is 14.4. The van der Waals surface area contributed by atoms with Crippen LogP contribution < -0.4 is 51.4 Å². The van der Waals surface area contributed by atoms with Crippen LogP contribution in [0, 0.1) is 6.92 Å². The van der Waals surface area contributed by atoms with E-state index in [4.69, 9.17) is 5.14 Å². The van der Waals surface area contributed by atoms with Crippen LogP contribution in [0.1, 0.15) is 11.3 Å². The average molecular weight is 419 g/mol. The summed E-state index contributed by atoms with van der Waals surface area (Å²) >= 11 is 0. The van der Waals surface area contributed by atoms with E-state index in [2.05, 4.69) is 5.10 Å². The van der Waals surface area contributed by atoms with E-state index in [9.17, 15) is 21.6 Å². The maximum absolute atomic E-state index is 13.1. The third kappa shape index (κ3) is 5.08. The van der Waals surface area contributed by atoms with E-state index in [0.29, 0.717) is 5.56 Å². The fourth-order valence-corrected chi connectivity index (χ4v) is 2.91. The van der Waals surface area contributed by atoms with Crippen molar-refractivity contribution in [2.75, 3.05) is 0 Å². The van der Waals surface area contributed by atoms with Gasteiger partial charge in [0.15, 0.2) is 5.69 Å². The fourth-order valence-electron chi connectivity index (χ4n) is 2.41. The molecule has 0 radical (unpaired) electrons. The van der Waals surface area contributed by atoms with Crippen molar-refractivity contribution in [2.45, 2.75) is 18.0 Å². The van der Waals surface area contributed by atoms with E-state index in [-0.39, 0.29) is 67.7 Å². The third-order valence-corrected chi connectivity index (χ3v) is 4.63. The molecule has 3 rings (SSSR count). The van der Waals surface area contributed by atoms with E-state index < -0.39 is 21.9 Å². The summed E-state index contributed by atoms with van der Waals surface area (Å²) < 4.78 is 62.9. The molecule has 136 valence electrons. The van der Waals surface area contributed by atoms with Gasteiger partial charge in [0.25, 0.3) is 0 Å². The second-order valence-corrected chi connectivity index (χ2v) is 7.17. The number of rotatable bonds is 3. The van der Waals surface area contributed by atoms with Gasteiger partial charge in [-0.15, -0.1) is 0 Å². The number of hydrogen-bond donors (Lipinski definition) is 0. The zero-order chi connectivity index (χ0) is 19.1. The van der Waals surface area contributed by atoms with Crippen molar-refractivity contribution < 1.29 is 73.0 Å². The van der Waals surface area contributed by atoms with E-state index in [0.717, 1.165) is 28.4 Å². The Bertz CT molecular complexity index is 1040. The first-order valence-corrected chi connectivity index (χ1v) is 8.88. The molecular formula is C17H13F3KN3O2S. The first-order chi connectivity index (χ1) is 12.1. The van der Waals surface area contributed by atoms with Crippen LogP contribution in [0.25, 0.3) is 22.1 Å². The predicted molar refractivity (Wildman–Crippen MR) is 90.2 cm³/mol. The Morgan fingerprint density at radius 3 is 2.04 bits per heavy atom. The first-order valence-electron chi connectivity index (χ1n) is 7.40. The van der Waals surface area contributed by atoms with Gasteiger partial charge in [-0.1, -0.05) is 29.8 Å². The molecule has 1 aromatic heterocycles. The Morgan fingerprint density at radius 1 is 1.00 bits per heavy atom. The van der Waals surface area contributed by atoms with Crippen LogP contribution in [-0.4, -0.2) is 18.2 Å². The number of nitrogens with one attached hydrogen (secondary N) is 1. The van der Waals surface area contributed by atoms with E-state index in [1.807, 2.05) is 6.92 Å². The van der Waals surface area contributed by atoms with E-state index in [1.165, 1.54) is 12.1 Å². The van der Waals surface area contributed by atoms with Crippen LogP contribution >= 0.6 is 0 Å². The molecule has 1 heterocycles. The van der Waals surface area contributed by atoms with Crippen molar-refractivity contribution in [2.24, 2.45) is 0 Å². The summed E-state index contributed by atoms with van der Waals surface area (Å²) in [5.41, 5.74) is 0.921. The molecule has 0 saturated heterocycles. The summed E-state index contributed by atoms with van der Waals surface area (Å²) in [4.78, 5) is -0.249. The van der Waals surface area contributed by atoms with Gasteiger partial charge in [-0.25, -0.2) is 13.1 Å². The smallest absolute Gasteiger partial charge is 0.560 e. The van der Waals surface area contributed by atoms with Gasteiger partial charge in [-0.3, -0.25) is 0 Å². The molecule has 1 N–H and O–H groups in total. The van der Waals surface area contributed by atoms with E-state index in [1.54, 1.807) is 24.3 Å². The molecule has 27 heavy (non-hydrogen) atoms. The number of nitrogens with zero attached hydrogens (tertiary/aromatic N) is 2. The van der Waals surface area contributed by atoms with Crippen molar-refractivity contribution in [3.8, 4) is 16.9 Å². The summed E-state index contributed by atoms with van der Waals surface area (Å²) in [6.45, 7) is 1.86. The molecule has 0 amide bonds. The van der Waals surface area contributed by atoms with Gasteiger partial charge in [-0.2, -0.15) is 18.3 Å². The quantitative estimate of drug-likeness (QED) is 0.606. The summed E-state index contributed by atoms with van der Waals surface area (Å²) in [5.74, 6) is 0. The Kier molecular flexibility index (Phi) is 6.73. The first kappa shape index (κ1) is 22.3. The topological polar surface area (TPSA) is 75.8 Å². The van der Waals surface area contributed by atoms with Crippen molar-refractivity contribution >= 4 is 10.0 Å². The zero-order valence-corrected chi connectivity index (χ0v) is 18.4. The molecule has 5 nitrogen and oxygen atoms in total. The molecule has 0 aliphatic carbocycles. The Balaban J connectivity index is 0.00000261. The number of halogens is 3. The second kappa shape index (κ2) is 8.15. The Hall–Kier alpha value is -1.01. The number of sulfonamides is 1. The van der Waals surface area contributed by atoms with Gasteiger partial charge in [0.2, 0.25) is 0 Å². The monoisotopic (exact) mass is 419 g/mol. The molecule has 0 unspecified atom stereocenters. The number of hydrogen-bond acceptors (Lipinski definition) is 3.